The number of pyridine rings is 1. The number of hydrogen-bond acceptors (Lipinski definition) is 3. The molecule has 1 N–H and O–H groups in total. The summed E-state index contributed by atoms with van der Waals surface area (Å²) >= 11 is 6.18. The molecule has 1 aromatic rings. The largest absolute Gasteiger partial charge is 0.477 e. The van der Waals surface area contributed by atoms with E-state index in [0.717, 1.165) is 38.1 Å². The summed E-state index contributed by atoms with van der Waals surface area (Å²) in [6.45, 7) is 6.80. The fourth-order valence-corrected chi connectivity index (χ4v) is 2.66. The highest BCUT2D eigenvalue weighted by atomic mass is 35.5. The molecule has 2 unspecified atom stereocenters. The van der Waals surface area contributed by atoms with Crippen LogP contribution >= 0.6 is 11.6 Å². The minimum absolute atomic E-state index is 0.578. The van der Waals surface area contributed by atoms with Gasteiger partial charge in [-0.05, 0) is 43.7 Å². The molecular weight excluding hydrogens is 284 g/mol. The fraction of sp³-hybridized carbons (Fsp3) is 0.588. The zero-order chi connectivity index (χ0) is 15.1. The van der Waals surface area contributed by atoms with Crippen molar-refractivity contribution in [2.75, 3.05) is 13.2 Å². The van der Waals surface area contributed by atoms with Gasteiger partial charge in [-0.3, -0.25) is 0 Å². The van der Waals surface area contributed by atoms with Crippen molar-refractivity contribution in [2.24, 2.45) is 11.8 Å². The summed E-state index contributed by atoms with van der Waals surface area (Å²) in [6.07, 6.45) is 7.86. The van der Waals surface area contributed by atoms with Crippen LogP contribution in [0.3, 0.4) is 0 Å². The average molecular weight is 309 g/mol. The maximum Gasteiger partial charge on any atom is 0.213 e. The van der Waals surface area contributed by atoms with Crippen molar-refractivity contribution in [1.82, 2.24) is 10.3 Å². The number of hydrogen-bond donors (Lipinski definition) is 1. The first-order valence-electron chi connectivity index (χ1n) is 7.84. The molecule has 0 bridgehead atoms. The number of ether oxygens (including phenoxy) is 1. The van der Waals surface area contributed by atoms with Crippen molar-refractivity contribution in [3.8, 4) is 5.88 Å². The molecule has 1 aromatic heterocycles. The molecule has 0 spiro atoms. The van der Waals surface area contributed by atoms with Crippen LogP contribution in [0.25, 0.3) is 0 Å². The van der Waals surface area contributed by atoms with Crippen LogP contribution in [0.5, 0.6) is 5.88 Å². The molecule has 0 saturated carbocycles. The summed E-state index contributed by atoms with van der Waals surface area (Å²) in [5.41, 5.74) is 0.860. The normalized spacial score (nSPS) is 21.5. The van der Waals surface area contributed by atoms with E-state index in [4.69, 9.17) is 16.3 Å². The molecule has 3 nitrogen and oxygen atoms in total. The highest BCUT2D eigenvalue weighted by Crippen LogP contribution is 2.26. The molecule has 0 amide bonds. The standard InChI is InChI=1S/C17H25ClN2O/c1-3-10-19-11-16-15(18)8-9-17(20-16)21-12-14-7-5-4-6-13(14)2/h4-5,8-9,13-14,19H,3,6-7,10-12H2,1-2H3. The maximum absolute atomic E-state index is 6.18. The van der Waals surface area contributed by atoms with E-state index in [2.05, 4.69) is 36.3 Å². The Hall–Kier alpha value is -1.06. The van der Waals surface area contributed by atoms with E-state index in [9.17, 15) is 0 Å². The molecule has 0 fully saturated rings. The van der Waals surface area contributed by atoms with E-state index < -0.39 is 0 Å². The van der Waals surface area contributed by atoms with Gasteiger partial charge in [0.15, 0.2) is 0 Å². The molecule has 21 heavy (non-hydrogen) atoms. The molecule has 4 heteroatoms. The van der Waals surface area contributed by atoms with Gasteiger partial charge in [0.05, 0.1) is 17.3 Å². The Morgan fingerprint density at radius 2 is 2.14 bits per heavy atom. The quantitative estimate of drug-likeness (QED) is 0.605. The second kappa shape index (κ2) is 8.40. The van der Waals surface area contributed by atoms with Crippen LogP contribution in [-0.4, -0.2) is 18.1 Å². The number of allylic oxidation sites excluding steroid dienone is 2. The van der Waals surface area contributed by atoms with Crippen LogP contribution in [0.15, 0.2) is 24.3 Å². The number of nitrogens with one attached hydrogen (secondary N) is 1. The summed E-state index contributed by atoms with van der Waals surface area (Å²) in [5.74, 6) is 1.93. The number of aromatic nitrogens is 1. The van der Waals surface area contributed by atoms with Gasteiger partial charge in [0.25, 0.3) is 0 Å². The van der Waals surface area contributed by atoms with Crippen LogP contribution in [-0.2, 0) is 6.54 Å². The van der Waals surface area contributed by atoms with Gasteiger partial charge in [-0.15, -0.1) is 0 Å². The minimum atomic E-state index is 0.578. The topological polar surface area (TPSA) is 34.2 Å². The number of rotatable bonds is 7. The highest BCUT2D eigenvalue weighted by molar-refractivity contribution is 6.31. The molecule has 1 aliphatic carbocycles. The Labute approximate surface area is 132 Å². The summed E-state index contributed by atoms with van der Waals surface area (Å²) in [5, 5.41) is 4.01. The lowest BCUT2D eigenvalue weighted by molar-refractivity contribution is 0.192. The number of halogens is 1. The Bertz CT molecular complexity index is 476. The lowest BCUT2D eigenvalue weighted by Crippen LogP contribution is -2.21. The molecule has 0 aromatic carbocycles. The van der Waals surface area contributed by atoms with Crippen molar-refractivity contribution in [3.05, 3.63) is 35.0 Å². The van der Waals surface area contributed by atoms with Gasteiger partial charge in [-0.2, -0.15) is 0 Å². The molecule has 116 valence electrons. The van der Waals surface area contributed by atoms with Crippen molar-refractivity contribution < 1.29 is 4.74 Å². The Morgan fingerprint density at radius 3 is 2.90 bits per heavy atom. The van der Waals surface area contributed by atoms with Crippen LogP contribution in [0.4, 0.5) is 0 Å². The Kier molecular flexibility index (Phi) is 6.52. The SMILES string of the molecule is CCCNCc1nc(OCC2CC=CCC2C)ccc1Cl. The van der Waals surface area contributed by atoms with Gasteiger partial charge >= 0.3 is 0 Å². The van der Waals surface area contributed by atoms with Crippen molar-refractivity contribution in [1.29, 1.82) is 0 Å². The minimum Gasteiger partial charge on any atom is -0.477 e. The third kappa shape index (κ3) is 5.01. The average Bonchev–Trinajstić information content (AvgIpc) is 2.49. The van der Waals surface area contributed by atoms with E-state index in [1.54, 1.807) is 0 Å². The van der Waals surface area contributed by atoms with Crippen LogP contribution in [0.1, 0.15) is 38.8 Å². The molecule has 1 heterocycles. The van der Waals surface area contributed by atoms with Gasteiger partial charge < -0.3 is 10.1 Å². The molecule has 1 aliphatic rings. The summed E-state index contributed by atoms with van der Waals surface area (Å²) in [4.78, 5) is 4.52. The highest BCUT2D eigenvalue weighted by Gasteiger charge is 2.19. The molecule has 0 radical (unpaired) electrons. The lowest BCUT2D eigenvalue weighted by Gasteiger charge is -2.25. The zero-order valence-electron chi connectivity index (χ0n) is 12.9. The van der Waals surface area contributed by atoms with Gasteiger partial charge in [0, 0.05) is 12.6 Å². The maximum atomic E-state index is 6.18. The summed E-state index contributed by atoms with van der Waals surface area (Å²) in [6, 6.07) is 3.73. The molecule has 2 atom stereocenters. The summed E-state index contributed by atoms with van der Waals surface area (Å²) < 4.78 is 5.89. The smallest absolute Gasteiger partial charge is 0.213 e. The third-order valence-corrected chi connectivity index (χ3v) is 4.32. The first kappa shape index (κ1) is 16.3. The van der Waals surface area contributed by atoms with Gasteiger partial charge in [-0.25, -0.2) is 4.98 Å². The Morgan fingerprint density at radius 1 is 1.33 bits per heavy atom. The van der Waals surface area contributed by atoms with Crippen LogP contribution in [0, 0.1) is 11.8 Å². The first-order chi connectivity index (χ1) is 10.2. The van der Waals surface area contributed by atoms with E-state index in [0.29, 0.717) is 29.3 Å². The molecule has 0 aliphatic heterocycles. The monoisotopic (exact) mass is 308 g/mol. The van der Waals surface area contributed by atoms with Crippen molar-refractivity contribution >= 4 is 11.6 Å². The fourth-order valence-electron chi connectivity index (χ4n) is 2.48. The van der Waals surface area contributed by atoms with E-state index >= 15 is 0 Å². The van der Waals surface area contributed by atoms with E-state index in [-0.39, 0.29) is 0 Å². The van der Waals surface area contributed by atoms with Crippen molar-refractivity contribution in [2.45, 2.75) is 39.7 Å². The zero-order valence-corrected chi connectivity index (χ0v) is 13.7. The second-order valence-electron chi connectivity index (χ2n) is 5.75. The van der Waals surface area contributed by atoms with Gasteiger partial charge in [-0.1, -0.05) is 37.6 Å². The van der Waals surface area contributed by atoms with Crippen LogP contribution < -0.4 is 10.1 Å². The van der Waals surface area contributed by atoms with E-state index in [1.807, 2.05) is 12.1 Å². The molecule has 0 saturated heterocycles. The molecular formula is C17H25ClN2O. The predicted molar refractivity (Wildman–Crippen MR) is 87.8 cm³/mol. The van der Waals surface area contributed by atoms with Gasteiger partial charge in [0.1, 0.15) is 0 Å². The summed E-state index contributed by atoms with van der Waals surface area (Å²) in [7, 11) is 0. The van der Waals surface area contributed by atoms with Crippen LogP contribution in [0.2, 0.25) is 5.02 Å². The second-order valence-corrected chi connectivity index (χ2v) is 6.15. The third-order valence-electron chi connectivity index (χ3n) is 3.98. The van der Waals surface area contributed by atoms with E-state index in [1.165, 1.54) is 0 Å². The van der Waals surface area contributed by atoms with Crippen molar-refractivity contribution in [3.63, 3.8) is 0 Å². The Balaban J connectivity index is 1.90. The lowest BCUT2D eigenvalue weighted by atomic mass is 9.85. The first-order valence-corrected chi connectivity index (χ1v) is 8.22. The predicted octanol–water partition coefficient (Wildman–Crippen LogP) is 4.22. The molecule has 2 rings (SSSR count). The van der Waals surface area contributed by atoms with Gasteiger partial charge in [0.2, 0.25) is 5.88 Å². The number of nitrogens with zero attached hydrogens (tertiary/aromatic N) is 1.